The zero-order valence-electron chi connectivity index (χ0n) is 17.2. The molecule has 1 amide bonds. The van der Waals surface area contributed by atoms with Crippen LogP contribution in [0, 0.1) is 24.0 Å². The molecule has 32 heavy (non-hydrogen) atoms. The standard InChI is InChI=1S/C24H17N3O5/c1-13-9-10-18-17(11-13)22(28)20-21(15-6-4-7-16(12-15)27(30)31)26(24(29)23(20)32-18)19-8-3-5-14(2)25-19/h3-12,21H,1-2H3/t21-/m1/s1. The number of nitro benzene ring substituents is 1. The Morgan fingerprint density at radius 3 is 2.56 bits per heavy atom. The molecule has 4 aromatic rings. The highest BCUT2D eigenvalue weighted by Crippen LogP contribution is 2.41. The Hall–Kier alpha value is -4.33. The van der Waals surface area contributed by atoms with E-state index in [9.17, 15) is 19.7 Å². The molecule has 0 saturated carbocycles. The van der Waals surface area contributed by atoms with Crippen molar-refractivity contribution in [1.29, 1.82) is 0 Å². The van der Waals surface area contributed by atoms with E-state index < -0.39 is 16.9 Å². The summed E-state index contributed by atoms with van der Waals surface area (Å²) in [5, 5.41) is 11.7. The summed E-state index contributed by atoms with van der Waals surface area (Å²) in [5.41, 5.74) is 1.96. The number of nitrogens with zero attached hydrogens (tertiary/aromatic N) is 3. The predicted molar refractivity (Wildman–Crippen MR) is 118 cm³/mol. The molecule has 0 unspecified atom stereocenters. The highest BCUT2D eigenvalue weighted by Gasteiger charge is 2.44. The van der Waals surface area contributed by atoms with Crippen molar-refractivity contribution in [2.45, 2.75) is 19.9 Å². The van der Waals surface area contributed by atoms with Crippen molar-refractivity contribution in [3.63, 3.8) is 0 Å². The zero-order chi connectivity index (χ0) is 22.6. The van der Waals surface area contributed by atoms with Gasteiger partial charge < -0.3 is 4.42 Å². The number of benzene rings is 2. The Labute approximate surface area is 181 Å². The summed E-state index contributed by atoms with van der Waals surface area (Å²) in [7, 11) is 0. The Morgan fingerprint density at radius 1 is 1.03 bits per heavy atom. The first kappa shape index (κ1) is 19.6. The molecule has 0 bridgehead atoms. The van der Waals surface area contributed by atoms with Crippen LogP contribution in [0.4, 0.5) is 11.5 Å². The number of nitro groups is 1. The molecule has 0 saturated heterocycles. The minimum atomic E-state index is -0.909. The SMILES string of the molecule is Cc1ccc2oc3c(c(=O)c2c1)[C@@H](c1cccc([N+](=O)[O-])c1)N(c1cccc(C)n1)C3=O. The van der Waals surface area contributed by atoms with Crippen LogP contribution < -0.4 is 10.3 Å². The summed E-state index contributed by atoms with van der Waals surface area (Å²) < 4.78 is 5.91. The molecule has 1 aliphatic heterocycles. The molecule has 0 radical (unpaired) electrons. The molecule has 8 heteroatoms. The van der Waals surface area contributed by atoms with Crippen molar-refractivity contribution in [3.8, 4) is 0 Å². The molecule has 2 aromatic heterocycles. The van der Waals surface area contributed by atoms with Gasteiger partial charge in [0.05, 0.1) is 21.9 Å². The van der Waals surface area contributed by atoms with Crippen LogP contribution in [0.25, 0.3) is 11.0 Å². The number of pyridine rings is 1. The maximum Gasteiger partial charge on any atom is 0.296 e. The van der Waals surface area contributed by atoms with Crippen LogP contribution in [0.2, 0.25) is 0 Å². The number of carbonyl (C=O) groups is 1. The highest BCUT2D eigenvalue weighted by molar-refractivity contribution is 6.10. The molecule has 1 aliphatic rings. The van der Waals surface area contributed by atoms with E-state index in [1.807, 2.05) is 6.92 Å². The first-order chi connectivity index (χ1) is 15.3. The van der Waals surface area contributed by atoms with E-state index in [1.165, 1.54) is 23.1 Å². The summed E-state index contributed by atoms with van der Waals surface area (Å²) in [6.07, 6.45) is 0. The third-order valence-corrected chi connectivity index (χ3v) is 5.54. The van der Waals surface area contributed by atoms with Crippen LogP contribution >= 0.6 is 0 Å². The lowest BCUT2D eigenvalue weighted by Gasteiger charge is -2.24. The molecule has 2 aromatic carbocycles. The van der Waals surface area contributed by atoms with Crippen LogP contribution in [0.1, 0.15) is 39.0 Å². The Balaban J connectivity index is 1.83. The summed E-state index contributed by atoms with van der Waals surface area (Å²) in [6, 6.07) is 15.4. The van der Waals surface area contributed by atoms with Gasteiger partial charge in [-0.05, 0) is 43.7 Å². The predicted octanol–water partition coefficient (Wildman–Crippen LogP) is 4.46. The van der Waals surface area contributed by atoms with Crippen molar-refractivity contribution >= 4 is 28.4 Å². The van der Waals surface area contributed by atoms with Gasteiger partial charge in [0, 0.05) is 17.8 Å². The lowest BCUT2D eigenvalue weighted by Crippen LogP contribution is -2.30. The summed E-state index contributed by atoms with van der Waals surface area (Å²) >= 11 is 0. The van der Waals surface area contributed by atoms with Crippen molar-refractivity contribution in [2.24, 2.45) is 0 Å². The number of anilines is 1. The Bertz CT molecular complexity index is 1490. The maximum atomic E-state index is 13.6. The van der Waals surface area contributed by atoms with Crippen LogP contribution in [0.15, 0.2) is 69.9 Å². The average Bonchev–Trinajstić information content (AvgIpc) is 3.07. The van der Waals surface area contributed by atoms with Gasteiger partial charge in [-0.1, -0.05) is 29.8 Å². The van der Waals surface area contributed by atoms with Gasteiger partial charge >= 0.3 is 0 Å². The number of carbonyl (C=O) groups excluding carboxylic acids is 1. The van der Waals surface area contributed by atoms with E-state index in [2.05, 4.69) is 4.98 Å². The molecule has 3 heterocycles. The van der Waals surface area contributed by atoms with E-state index in [-0.39, 0.29) is 22.4 Å². The summed E-state index contributed by atoms with van der Waals surface area (Å²) in [6.45, 7) is 3.65. The van der Waals surface area contributed by atoms with Crippen LogP contribution in [-0.4, -0.2) is 15.8 Å². The van der Waals surface area contributed by atoms with Crippen molar-refractivity contribution < 1.29 is 14.1 Å². The maximum absolute atomic E-state index is 13.6. The molecule has 158 valence electrons. The van der Waals surface area contributed by atoms with Gasteiger partial charge in [0.1, 0.15) is 11.4 Å². The molecule has 8 nitrogen and oxygen atoms in total. The summed E-state index contributed by atoms with van der Waals surface area (Å²) in [5.74, 6) is -0.266. The van der Waals surface area contributed by atoms with E-state index in [0.29, 0.717) is 28.0 Å². The zero-order valence-corrected chi connectivity index (χ0v) is 17.2. The Kier molecular flexibility index (Phi) is 4.37. The van der Waals surface area contributed by atoms with Gasteiger partial charge in [-0.3, -0.25) is 24.6 Å². The van der Waals surface area contributed by atoms with E-state index in [0.717, 1.165) is 5.56 Å². The number of non-ortho nitro benzene ring substituents is 1. The van der Waals surface area contributed by atoms with Gasteiger partial charge in [-0.25, -0.2) is 4.98 Å². The topological polar surface area (TPSA) is 107 Å². The number of aryl methyl sites for hydroxylation is 2. The van der Waals surface area contributed by atoms with E-state index in [1.54, 1.807) is 49.4 Å². The van der Waals surface area contributed by atoms with Crippen LogP contribution in [0.3, 0.4) is 0 Å². The molecular formula is C24H17N3O5. The van der Waals surface area contributed by atoms with Crippen LogP contribution in [-0.2, 0) is 0 Å². The van der Waals surface area contributed by atoms with Gasteiger partial charge in [-0.15, -0.1) is 0 Å². The monoisotopic (exact) mass is 427 g/mol. The lowest BCUT2D eigenvalue weighted by atomic mass is 9.97. The van der Waals surface area contributed by atoms with E-state index >= 15 is 0 Å². The first-order valence-corrected chi connectivity index (χ1v) is 9.94. The van der Waals surface area contributed by atoms with Crippen molar-refractivity contribution in [1.82, 2.24) is 4.98 Å². The molecule has 0 aliphatic carbocycles. The van der Waals surface area contributed by atoms with Gasteiger partial charge in [0.2, 0.25) is 5.76 Å². The summed E-state index contributed by atoms with van der Waals surface area (Å²) in [4.78, 5) is 43.8. The second-order valence-electron chi connectivity index (χ2n) is 7.74. The molecule has 1 atom stereocenters. The molecule has 0 spiro atoms. The molecule has 0 fully saturated rings. The number of amides is 1. The van der Waals surface area contributed by atoms with Crippen molar-refractivity contribution in [2.75, 3.05) is 4.90 Å². The third-order valence-electron chi connectivity index (χ3n) is 5.54. The fraction of sp³-hybridized carbons (Fsp3) is 0.125. The van der Waals surface area contributed by atoms with Gasteiger partial charge in [0.15, 0.2) is 5.43 Å². The number of fused-ring (bicyclic) bond motifs is 2. The highest BCUT2D eigenvalue weighted by atomic mass is 16.6. The number of hydrogen-bond acceptors (Lipinski definition) is 6. The lowest BCUT2D eigenvalue weighted by molar-refractivity contribution is -0.384. The van der Waals surface area contributed by atoms with E-state index in [4.69, 9.17) is 4.42 Å². The third kappa shape index (κ3) is 2.96. The van der Waals surface area contributed by atoms with Crippen LogP contribution in [0.5, 0.6) is 0 Å². The quantitative estimate of drug-likeness (QED) is 0.353. The average molecular weight is 427 g/mol. The largest absolute Gasteiger partial charge is 0.450 e. The second kappa shape index (κ2) is 7.12. The minimum absolute atomic E-state index is 0.0776. The molecule has 0 N–H and O–H groups in total. The fourth-order valence-corrected chi connectivity index (χ4v) is 4.11. The normalized spacial score (nSPS) is 15.2. The number of hydrogen-bond donors (Lipinski definition) is 0. The van der Waals surface area contributed by atoms with Gasteiger partial charge in [-0.2, -0.15) is 0 Å². The molecule has 5 rings (SSSR count). The first-order valence-electron chi connectivity index (χ1n) is 9.94. The Morgan fingerprint density at radius 2 is 1.81 bits per heavy atom. The fourth-order valence-electron chi connectivity index (χ4n) is 4.11. The number of aromatic nitrogens is 1. The minimum Gasteiger partial charge on any atom is -0.450 e. The second-order valence-corrected chi connectivity index (χ2v) is 7.74. The smallest absolute Gasteiger partial charge is 0.296 e. The van der Waals surface area contributed by atoms with Crippen molar-refractivity contribution in [3.05, 3.63) is 109 Å². The molecular weight excluding hydrogens is 410 g/mol. The number of rotatable bonds is 3. The van der Waals surface area contributed by atoms with Gasteiger partial charge in [0.25, 0.3) is 11.6 Å².